The molecule has 2 aliphatic rings. The van der Waals surface area contributed by atoms with E-state index in [1.165, 1.54) is 0 Å². The summed E-state index contributed by atoms with van der Waals surface area (Å²) in [4.78, 5) is 30.0. The van der Waals surface area contributed by atoms with Crippen LogP contribution in [0.25, 0.3) is 11.1 Å². The van der Waals surface area contributed by atoms with Gasteiger partial charge in [-0.25, -0.2) is 0 Å². The van der Waals surface area contributed by atoms with Crippen molar-refractivity contribution in [2.24, 2.45) is 0 Å². The first-order valence-electron chi connectivity index (χ1n) is 19.5. The number of benzene rings is 6. The Morgan fingerprint density at radius 3 is 2.27 bits per heavy atom. The average Bonchev–Trinajstić information content (AvgIpc) is 3.25. The Morgan fingerprint density at radius 1 is 0.847 bits per heavy atom. The maximum absolute atomic E-state index is 14.2. The summed E-state index contributed by atoms with van der Waals surface area (Å²) in [5.41, 5.74) is 8.94. The molecule has 8 nitrogen and oxygen atoms in total. The van der Waals surface area contributed by atoms with Gasteiger partial charge in [0.15, 0.2) is 17.6 Å². The number of fused-ring (bicyclic) bond motifs is 2. The fourth-order valence-electron chi connectivity index (χ4n) is 7.60. The summed E-state index contributed by atoms with van der Waals surface area (Å²) in [6.45, 7) is 4.82. The first kappa shape index (κ1) is 39.6. The zero-order valence-electron chi connectivity index (χ0n) is 32.6. The third-order valence-electron chi connectivity index (χ3n) is 10.8. The molecule has 0 aromatic heterocycles. The predicted molar refractivity (Wildman–Crippen MR) is 229 cm³/mol. The Bertz CT molecular complexity index is 2550. The Balaban J connectivity index is 0.959. The quantitative estimate of drug-likeness (QED) is 0.148. The van der Waals surface area contributed by atoms with Crippen LogP contribution in [0.15, 0.2) is 127 Å². The van der Waals surface area contributed by atoms with Crippen LogP contribution in [0.1, 0.15) is 62.3 Å². The molecule has 6 aromatic carbocycles. The standard InChI is InChI=1S/C49H41Cl2N3O5/c1-30-4-3-5-38(20-30)49(56)54-27-40-25-46-45(58-29-47(59-46)37-15-17-41(18-16-37)57-28-34-10-19-42(50)43(51)22-34)24-39(40)23-44(54)48(55)53-31(2)21-32-6-11-35(12-7-32)36-13-8-33(26-52)9-14-36/h3-20,22,24-25,31,44,47H,21,23,27-29H2,1-2H3,(H,53,55). The summed E-state index contributed by atoms with van der Waals surface area (Å²) in [6, 6.07) is 41.4. The summed E-state index contributed by atoms with van der Waals surface area (Å²) in [5, 5.41) is 13.3. The number of halogens is 2. The highest BCUT2D eigenvalue weighted by Crippen LogP contribution is 2.41. The minimum absolute atomic E-state index is 0.194. The van der Waals surface area contributed by atoms with Crippen molar-refractivity contribution in [3.05, 3.63) is 182 Å². The number of hydrogen-bond donors (Lipinski definition) is 1. The molecule has 10 heteroatoms. The Morgan fingerprint density at radius 2 is 1.56 bits per heavy atom. The summed E-state index contributed by atoms with van der Waals surface area (Å²) >= 11 is 12.2. The molecule has 2 aliphatic heterocycles. The summed E-state index contributed by atoms with van der Waals surface area (Å²) < 4.78 is 18.8. The Hall–Kier alpha value is -6.27. The number of amides is 2. The Labute approximate surface area is 353 Å². The van der Waals surface area contributed by atoms with E-state index in [-0.39, 0.29) is 30.5 Å². The van der Waals surface area contributed by atoms with Gasteiger partial charge in [0.25, 0.3) is 5.91 Å². The second-order valence-corrected chi connectivity index (χ2v) is 15.9. The molecule has 0 radical (unpaired) electrons. The van der Waals surface area contributed by atoms with E-state index in [1.807, 2.05) is 111 Å². The van der Waals surface area contributed by atoms with Crippen molar-refractivity contribution in [2.75, 3.05) is 6.61 Å². The number of aryl methyl sites for hydroxylation is 1. The largest absolute Gasteiger partial charge is 0.489 e. The number of nitrogens with one attached hydrogen (secondary N) is 1. The van der Waals surface area contributed by atoms with E-state index in [1.54, 1.807) is 23.1 Å². The second-order valence-electron chi connectivity index (χ2n) is 15.1. The molecule has 0 saturated carbocycles. The minimum Gasteiger partial charge on any atom is -0.489 e. The van der Waals surface area contributed by atoms with Gasteiger partial charge >= 0.3 is 0 Å². The highest BCUT2D eigenvalue weighted by molar-refractivity contribution is 6.42. The predicted octanol–water partition coefficient (Wildman–Crippen LogP) is 10.2. The smallest absolute Gasteiger partial charge is 0.254 e. The summed E-state index contributed by atoms with van der Waals surface area (Å²) in [5.74, 6) is 1.48. The number of ether oxygens (including phenoxy) is 3. The number of nitrogens with zero attached hydrogens (tertiary/aromatic N) is 2. The van der Waals surface area contributed by atoms with E-state index in [4.69, 9.17) is 42.7 Å². The first-order chi connectivity index (χ1) is 28.6. The van der Waals surface area contributed by atoms with Gasteiger partial charge in [0.2, 0.25) is 5.91 Å². The lowest BCUT2D eigenvalue weighted by Crippen LogP contribution is -2.54. The van der Waals surface area contributed by atoms with E-state index in [0.717, 1.165) is 44.5 Å². The topological polar surface area (TPSA) is 101 Å². The maximum atomic E-state index is 14.2. The molecule has 3 unspecified atom stereocenters. The molecule has 0 saturated heterocycles. The van der Waals surface area contributed by atoms with Crippen LogP contribution in [0.3, 0.4) is 0 Å². The van der Waals surface area contributed by atoms with E-state index in [0.29, 0.717) is 64.5 Å². The van der Waals surface area contributed by atoms with Gasteiger partial charge in [-0.05, 0) is 120 Å². The van der Waals surface area contributed by atoms with Crippen molar-refractivity contribution in [1.29, 1.82) is 5.26 Å². The molecular formula is C49H41Cl2N3O5. The monoisotopic (exact) mass is 821 g/mol. The van der Waals surface area contributed by atoms with Crippen LogP contribution in [-0.2, 0) is 30.8 Å². The van der Waals surface area contributed by atoms with Crippen molar-refractivity contribution < 1.29 is 23.8 Å². The van der Waals surface area contributed by atoms with Crippen LogP contribution in [0.2, 0.25) is 10.0 Å². The number of carbonyl (C=O) groups is 2. The van der Waals surface area contributed by atoms with Crippen LogP contribution in [0.5, 0.6) is 17.2 Å². The van der Waals surface area contributed by atoms with Crippen LogP contribution in [0, 0.1) is 18.3 Å². The fourth-order valence-corrected chi connectivity index (χ4v) is 7.92. The van der Waals surface area contributed by atoms with Crippen LogP contribution in [0.4, 0.5) is 0 Å². The van der Waals surface area contributed by atoms with Gasteiger partial charge in [-0.2, -0.15) is 5.26 Å². The normalized spacial score (nSPS) is 16.0. The maximum Gasteiger partial charge on any atom is 0.254 e. The summed E-state index contributed by atoms with van der Waals surface area (Å²) in [7, 11) is 0. The number of rotatable bonds is 10. The van der Waals surface area contributed by atoms with Gasteiger partial charge in [-0.1, -0.05) is 95.5 Å². The molecule has 0 bridgehead atoms. The molecule has 0 spiro atoms. The lowest BCUT2D eigenvalue weighted by molar-refractivity contribution is -0.126. The highest BCUT2D eigenvalue weighted by atomic mass is 35.5. The molecule has 2 amide bonds. The van der Waals surface area contributed by atoms with Crippen molar-refractivity contribution in [1.82, 2.24) is 10.2 Å². The summed E-state index contributed by atoms with van der Waals surface area (Å²) in [6.07, 6.45) is 0.586. The number of nitriles is 1. The molecule has 296 valence electrons. The molecule has 6 aromatic rings. The van der Waals surface area contributed by atoms with Gasteiger partial charge in [0.05, 0.1) is 21.7 Å². The molecule has 8 rings (SSSR count). The molecule has 59 heavy (non-hydrogen) atoms. The zero-order valence-corrected chi connectivity index (χ0v) is 34.1. The average molecular weight is 823 g/mol. The van der Waals surface area contributed by atoms with Gasteiger partial charge in [0.1, 0.15) is 25.0 Å². The van der Waals surface area contributed by atoms with Crippen LogP contribution >= 0.6 is 23.2 Å². The minimum atomic E-state index is -0.732. The van der Waals surface area contributed by atoms with Gasteiger partial charge < -0.3 is 24.4 Å². The first-order valence-corrected chi connectivity index (χ1v) is 20.2. The second kappa shape index (κ2) is 17.3. The molecule has 3 atom stereocenters. The van der Waals surface area contributed by atoms with Crippen molar-refractivity contribution in [2.45, 2.75) is 58.0 Å². The Kier molecular flexibility index (Phi) is 11.6. The lowest BCUT2D eigenvalue weighted by atomic mass is 9.91. The van der Waals surface area contributed by atoms with E-state index < -0.39 is 6.04 Å². The van der Waals surface area contributed by atoms with Gasteiger partial charge in [-0.15, -0.1) is 0 Å². The van der Waals surface area contributed by atoms with Gasteiger partial charge in [0, 0.05) is 24.6 Å². The van der Waals surface area contributed by atoms with E-state index >= 15 is 0 Å². The van der Waals surface area contributed by atoms with Crippen molar-refractivity contribution >= 4 is 35.0 Å². The SMILES string of the molecule is Cc1cccc(C(=O)N2Cc3cc4c(cc3CC2C(=O)NC(C)Cc2ccc(-c3ccc(C#N)cc3)cc2)OCC(c2ccc(OCc3ccc(Cl)c(Cl)c3)cc2)O4)c1. The number of carbonyl (C=O) groups excluding carboxylic acids is 2. The van der Waals surface area contributed by atoms with Crippen LogP contribution in [-0.4, -0.2) is 35.4 Å². The third-order valence-corrected chi connectivity index (χ3v) is 11.5. The van der Waals surface area contributed by atoms with E-state index in [9.17, 15) is 9.59 Å². The lowest BCUT2D eigenvalue weighted by Gasteiger charge is -2.38. The van der Waals surface area contributed by atoms with E-state index in [2.05, 4.69) is 23.5 Å². The molecule has 0 aliphatic carbocycles. The van der Waals surface area contributed by atoms with Gasteiger partial charge in [-0.3, -0.25) is 9.59 Å². The third kappa shape index (κ3) is 9.08. The molecule has 0 fully saturated rings. The molecule has 2 heterocycles. The van der Waals surface area contributed by atoms with Crippen LogP contribution < -0.4 is 19.5 Å². The van der Waals surface area contributed by atoms with Crippen molar-refractivity contribution in [3.8, 4) is 34.4 Å². The zero-order chi connectivity index (χ0) is 41.0. The van der Waals surface area contributed by atoms with Crippen molar-refractivity contribution in [3.63, 3.8) is 0 Å². The number of hydrogen-bond acceptors (Lipinski definition) is 6. The molecular weight excluding hydrogens is 781 g/mol. The highest BCUT2D eigenvalue weighted by Gasteiger charge is 2.37. The fraction of sp³-hybridized carbons (Fsp3) is 0.204. The molecule has 1 N–H and O–H groups in total.